The number of rotatable bonds is 5. The second-order valence-corrected chi connectivity index (χ2v) is 5.44. The third-order valence-electron chi connectivity index (χ3n) is 3.84. The van der Waals surface area contributed by atoms with Crippen LogP contribution in [0.1, 0.15) is 30.1 Å². The minimum atomic E-state index is 0.0653. The fourth-order valence-electron chi connectivity index (χ4n) is 2.46. The highest BCUT2D eigenvalue weighted by Crippen LogP contribution is 2.29. The molecule has 1 fully saturated rings. The molecule has 1 aromatic carbocycles. The molecule has 1 saturated heterocycles. The number of carbonyl (C=O) groups is 1. The average molecular weight is 289 g/mol. The van der Waals surface area contributed by atoms with E-state index < -0.39 is 0 Å². The van der Waals surface area contributed by atoms with Crippen LogP contribution in [0.15, 0.2) is 30.9 Å². The monoisotopic (exact) mass is 289 g/mol. The van der Waals surface area contributed by atoms with Gasteiger partial charge in [-0.1, -0.05) is 19.6 Å². The third kappa shape index (κ3) is 3.78. The molecule has 0 atom stereocenters. The quantitative estimate of drug-likeness (QED) is 0.782. The Kier molecular flexibility index (Phi) is 5.26. The van der Waals surface area contributed by atoms with Gasteiger partial charge in [-0.25, -0.2) is 0 Å². The van der Waals surface area contributed by atoms with Crippen molar-refractivity contribution in [3.63, 3.8) is 0 Å². The summed E-state index contributed by atoms with van der Waals surface area (Å²) in [4.78, 5) is 14.4. The average Bonchev–Trinajstić information content (AvgIpc) is 2.52. The first-order valence-corrected chi connectivity index (χ1v) is 7.36. The molecule has 21 heavy (non-hydrogen) atoms. The highest BCUT2D eigenvalue weighted by molar-refractivity contribution is 5.95. The Morgan fingerprint density at radius 1 is 1.38 bits per heavy atom. The van der Waals surface area contributed by atoms with E-state index >= 15 is 0 Å². The lowest BCUT2D eigenvalue weighted by molar-refractivity contribution is 0.0697. The summed E-state index contributed by atoms with van der Waals surface area (Å²) in [7, 11) is 1.58. The summed E-state index contributed by atoms with van der Waals surface area (Å²) in [5, 5.41) is 0. The minimum Gasteiger partial charge on any atom is -0.493 e. The van der Waals surface area contributed by atoms with Crippen molar-refractivity contribution >= 4 is 5.91 Å². The zero-order valence-electron chi connectivity index (χ0n) is 12.8. The molecule has 0 radical (unpaired) electrons. The topological polar surface area (TPSA) is 38.8 Å². The van der Waals surface area contributed by atoms with Crippen LogP contribution >= 0.6 is 0 Å². The molecule has 0 bridgehead atoms. The Balaban J connectivity index is 2.12. The van der Waals surface area contributed by atoms with Crippen molar-refractivity contribution in [1.82, 2.24) is 4.90 Å². The zero-order chi connectivity index (χ0) is 15.2. The van der Waals surface area contributed by atoms with Crippen LogP contribution in [0, 0.1) is 5.92 Å². The molecule has 1 aromatic rings. The van der Waals surface area contributed by atoms with Gasteiger partial charge in [0.05, 0.1) is 7.11 Å². The first-order valence-electron chi connectivity index (χ1n) is 7.36. The first-order chi connectivity index (χ1) is 10.2. The molecule has 2 rings (SSSR count). The number of methoxy groups -OCH3 is 1. The molecular formula is C17H23NO3. The Bertz CT molecular complexity index is 505. The van der Waals surface area contributed by atoms with E-state index in [4.69, 9.17) is 9.47 Å². The van der Waals surface area contributed by atoms with Crippen molar-refractivity contribution in [2.45, 2.75) is 19.8 Å². The number of amides is 1. The maximum Gasteiger partial charge on any atom is 0.253 e. The number of likely N-dealkylation sites (tertiary alicyclic amines) is 1. The van der Waals surface area contributed by atoms with Crippen LogP contribution < -0.4 is 9.47 Å². The molecule has 1 heterocycles. The molecule has 0 N–H and O–H groups in total. The van der Waals surface area contributed by atoms with Crippen molar-refractivity contribution in [2.75, 3.05) is 26.8 Å². The van der Waals surface area contributed by atoms with E-state index in [9.17, 15) is 4.79 Å². The Morgan fingerprint density at radius 3 is 2.71 bits per heavy atom. The predicted octanol–water partition coefficient (Wildman–Crippen LogP) is 3.13. The van der Waals surface area contributed by atoms with Crippen LogP contribution in [0.4, 0.5) is 0 Å². The number of ether oxygens (including phenoxy) is 2. The van der Waals surface area contributed by atoms with Crippen molar-refractivity contribution in [2.24, 2.45) is 5.92 Å². The van der Waals surface area contributed by atoms with Crippen molar-refractivity contribution < 1.29 is 14.3 Å². The lowest BCUT2D eigenvalue weighted by atomic mass is 9.98. The van der Waals surface area contributed by atoms with Gasteiger partial charge in [0.15, 0.2) is 11.5 Å². The van der Waals surface area contributed by atoms with Crippen molar-refractivity contribution in [3.05, 3.63) is 36.4 Å². The molecule has 1 aliphatic heterocycles. The van der Waals surface area contributed by atoms with Crippen LogP contribution in [0.3, 0.4) is 0 Å². The number of carbonyl (C=O) groups excluding carboxylic acids is 1. The number of piperidine rings is 1. The number of hydrogen-bond donors (Lipinski definition) is 0. The molecule has 0 aromatic heterocycles. The van der Waals surface area contributed by atoms with Gasteiger partial charge in [0.25, 0.3) is 5.91 Å². The molecule has 114 valence electrons. The third-order valence-corrected chi connectivity index (χ3v) is 3.84. The Labute approximate surface area is 126 Å². The number of benzene rings is 1. The molecule has 0 saturated carbocycles. The largest absolute Gasteiger partial charge is 0.493 e. The van der Waals surface area contributed by atoms with Gasteiger partial charge in [0.1, 0.15) is 6.61 Å². The van der Waals surface area contributed by atoms with E-state index in [0.717, 1.165) is 25.9 Å². The lowest BCUT2D eigenvalue weighted by Gasteiger charge is -2.30. The van der Waals surface area contributed by atoms with E-state index in [-0.39, 0.29) is 5.91 Å². The standard InChI is InChI=1S/C17H23NO3/c1-4-11-21-15-6-5-14(12-16(15)20-3)17(19)18-9-7-13(2)8-10-18/h4-6,12-13H,1,7-11H2,2-3H3. The molecule has 0 spiro atoms. The highest BCUT2D eigenvalue weighted by Gasteiger charge is 2.22. The van der Waals surface area contributed by atoms with E-state index in [1.807, 2.05) is 4.90 Å². The summed E-state index contributed by atoms with van der Waals surface area (Å²) in [6.07, 6.45) is 3.82. The SMILES string of the molecule is C=CCOc1ccc(C(=O)N2CCC(C)CC2)cc1OC. The zero-order valence-corrected chi connectivity index (χ0v) is 12.8. The van der Waals surface area contributed by atoms with Gasteiger partial charge in [-0.2, -0.15) is 0 Å². The summed E-state index contributed by atoms with van der Waals surface area (Å²) in [6, 6.07) is 5.32. The van der Waals surface area contributed by atoms with E-state index in [0.29, 0.717) is 29.6 Å². The summed E-state index contributed by atoms with van der Waals surface area (Å²) in [5.74, 6) is 1.98. The molecule has 4 heteroatoms. The predicted molar refractivity (Wildman–Crippen MR) is 83.0 cm³/mol. The first kappa shape index (κ1) is 15.4. The Morgan fingerprint density at radius 2 is 2.10 bits per heavy atom. The van der Waals surface area contributed by atoms with Crippen LogP contribution in [-0.4, -0.2) is 37.6 Å². The maximum absolute atomic E-state index is 12.5. The fraction of sp³-hybridized carbons (Fsp3) is 0.471. The normalized spacial score (nSPS) is 15.6. The van der Waals surface area contributed by atoms with Gasteiger partial charge >= 0.3 is 0 Å². The summed E-state index contributed by atoms with van der Waals surface area (Å²) in [5.41, 5.74) is 0.646. The summed E-state index contributed by atoms with van der Waals surface area (Å²) >= 11 is 0. The maximum atomic E-state index is 12.5. The second-order valence-electron chi connectivity index (χ2n) is 5.44. The molecule has 1 aliphatic rings. The van der Waals surface area contributed by atoms with Gasteiger partial charge in [-0.05, 0) is 37.0 Å². The highest BCUT2D eigenvalue weighted by atomic mass is 16.5. The van der Waals surface area contributed by atoms with Gasteiger partial charge < -0.3 is 14.4 Å². The molecule has 0 unspecified atom stereocenters. The summed E-state index contributed by atoms with van der Waals surface area (Å²) in [6.45, 7) is 7.92. The van der Waals surface area contributed by atoms with Gasteiger partial charge in [0.2, 0.25) is 0 Å². The van der Waals surface area contributed by atoms with Crippen LogP contribution in [0.2, 0.25) is 0 Å². The molecular weight excluding hydrogens is 266 g/mol. The Hall–Kier alpha value is -1.97. The minimum absolute atomic E-state index is 0.0653. The summed E-state index contributed by atoms with van der Waals surface area (Å²) < 4.78 is 10.8. The molecule has 1 amide bonds. The van der Waals surface area contributed by atoms with E-state index in [1.54, 1.807) is 31.4 Å². The smallest absolute Gasteiger partial charge is 0.253 e. The molecule has 4 nitrogen and oxygen atoms in total. The fourth-order valence-corrected chi connectivity index (χ4v) is 2.46. The second kappa shape index (κ2) is 7.16. The van der Waals surface area contributed by atoms with Gasteiger partial charge in [-0.15, -0.1) is 0 Å². The van der Waals surface area contributed by atoms with Crippen LogP contribution in [0.5, 0.6) is 11.5 Å². The van der Waals surface area contributed by atoms with Gasteiger partial charge in [0, 0.05) is 18.7 Å². The number of nitrogens with zero attached hydrogens (tertiary/aromatic N) is 1. The van der Waals surface area contributed by atoms with Crippen LogP contribution in [0.25, 0.3) is 0 Å². The van der Waals surface area contributed by atoms with Gasteiger partial charge in [-0.3, -0.25) is 4.79 Å². The van der Waals surface area contributed by atoms with E-state index in [1.165, 1.54) is 0 Å². The van der Waals surface area contributed by atoms with E-state index in [2.05, 4.69) is 13.5 Å². The lowest BCUT2D eigenvalue weighted by Crippen LogP contribution is -2.37. The van der Waals surface area contributed by atoms with Crippen LogP contribution in [-0.2, 0) is 0 Å². The number of hydrogen-bond acceptors (Lipinski definition) is 3. The van der Waals surface area contributed by atoms with Crippen molar-refractivity contribution in [3.8, 4) is 11.5 Å². The van der Waals surface area contributed by atoms with Crippen molar-refractivity contribution in [1.29, 1.82) is 0 Å². The molecule has 0 aliphatic carbocycles.